The van der Waals surface area contributed by atoms with Gasteiger partial charge in [0.05, 0.1) is 5.92 Å². The lowest BCUT2D eigenvalue weighted by Crippen LogP contribution is -2.27. The molecule has 1 amide bonds. The van der Waals surface area contributed by atoms with Crippen LogP contribution in [0.2, 0.25) is 5.02 Å². The standard InChI is InChI=1S/C17H22ClN5O.ClH/c1-11(13-4-3-5-14(18)10-13)16(24)21-17-20-15(22-23(17)2)12-6-8-19-9-7-12;/h3-5,10-12,19H,6-9H2,1-2H3,(H,20,21,22,24);1H. The van der Waals surface area contributed by atoms with Gasteiger partial charge in [-0.2, -0.15) is 10.1 Å². The predicted molar refractivity (Wildman–Crippen MR) is 102 cm³/mol. The molecule has 1 aliphatic heterocycles. The van der Waals surface area contributed by atoms with Crippen molar-refractivity contribution in [2.24, 2.45) is 7.05 Å². The molecule has 1 atom stereocenters. The number of anilines is 1. The Morgan fingerprint density at radius 2 is 2.12 bits per heavy atom. The maximum atomic E-state index is 12.5. The molecule has 2 aromatic rings. The fourth-order valence-electron chi connectivity index (χ4n) is 2.91. The number of carbonyl (C=O) groups excluding carboxylic acids is 1. The van der Waals surface area contributed by atoms with Crippen molar-refractivity contribution in [2.75, 3.05) is 18.4 Å². The third-order valence-electron chi connectivity index (χ3n) is 4.46. The normalized spacial score (nSPS) is 16.1. The molecule has 1 aromatic heterocycles. The summed E-state index contributed by atoms with van der Waals surface area (Å²) in [6.45, 7) is 3.82. The molecule has 0 radical (unpaired) electrons. The minimum Gasteiger partial charge on any atom is -0.317 e. The van der Waals surface area contributed by atoms with E-state index in [4.69, 9.17) is 11.6 Å². The Kier molecular flexibility index (Phi) is 6.81. The quantitative estimate of drug-likeness (QED) is 0.850. The Balaban J connectivity index is 0.00000225. The molecule has 2 heterocycles. The first-order valence-corrected chi connectivity index (χ1v) is 8.60. The number of carbonyl (C=O) groups is 1. The lowest BCUT2D eigenvalue weighted by Gasteiger charge is -2.19. The van der Waals surface area contributed by atoms with Crippen molar-refractivity contribution >= 4 is 35.9 Å². The van der Waals surface area contributed by atoms with Gasteiger partial charge in [-0.15, -0.1) is 12.4 Å². The SMILES string of the molecule is CC(C(=O)Nc1nc(C2CCNCC2)nn1C)c1cccc(Cl)c1.Cl. The summed E-state index contributed by atoms with van der Waals surface area (Å²) >= 11 is 6.01. The van der Waals surface area contributed by atoms with E-state index < -0.39 is 0 Å². The van der Waals surface area contributed by atoms with Crippen LogP contribution in [0.4, 0.5) is 5.95 Å². The van der Waals surface area contributed by atoms with Crippen LogP contribution in [-0.4, -0.2) is 33.8 Å². The molecule has 136 valence electrons. The Labute approximate surface area is 158 Å². The van der Waals surface area contributed by atoms with Crippen LogP contribution in [0.15, 0.2) is 24.3 Å². The highest BCUT2D eigenvalue weighted by Gasteiger charge is 2.23. The molecule has 3 rings (SSSR count). The van der Waals surface area contributed by atoms with Crippen LogP contribution < -0.4 is 10.6 Å². The molecular formula is C17H23Cl2N5O. The van der Waals surface area contributed by atoms with Gasteiger partial charge in [0.25, 0.3) is 0 Å². The van der Waals surface area contributed by atoms with Crippen molar-refractivity contribution in [3.8, 4) is 0 Å². The second-order valence-electron chi connectivity index (χ2n) is 6.21. The molecule has 1 aromatic carbocycles. The van der Waals surface area contributed by atoms with E-state index in [2.05, 4.69) is 20.7 Å². The van der Waals surface area contributed by atoms with E-state index in [9.17, 15) is 4.79 Å². The van der Waals surface area contributed by atoms with Gasteiger partial charge in [-0.1, -0.05) is 23.7 Å². The minimum atomic E-state index is -0.317. The fraction of sp³-hybridized carbons (Fsp3) is 0.471. The molecule has 1 aliphatic rings. The fourth-order valence-corrected chi connectivity index (χ4v) is 3.11. The van der Waals surface area contributed by atoms with Gasteiger partial charge in [-0.25, -0.2) is 4.68 Å². The summed E-state index contributed by atoms with van der Waals surface area (Å²) in [7, 11) is 1.80. The second-order valence-corrected chi connectivity index (χ2v) is 6.64. The van der Waals surface area contributed by atoms with Gasteiger partial charge in [0.2, 0.25) is 11.9 Å². The number of halogens is 2. The van der Waals surface area contributed by atoms with Gasteiger partial charge in [-0.05, 0) is 50.6 Å². The molecule has 1 saturated heterocycles. The average Bonchev–Trinajstić information content (AvgIpc) is 2.95. The number of nitrogens with one attached hydrogen (secondary N) is 2. The van der Waals surface area contributed by atoms with Crippen LogP contribution in [0.25, 0.3) is 0 Å². The Morgan fingerprint density at radius 3 is 2.80 bits per heavy atom. The zero-order chi connectivity index (χ0) is 17.1. The Morgan fingerprint density at radius 1 is 1.40 bits per heavy atom. The number of amides is 1. The summed E-state index contributed by atoms with van der Waals surface area (Å²) < 4.78 is 1.64. The van der Waals surface area contributed by atoms with Gasteiger partial charge >= 0.3 is 0 Å². The molecule has 0 aliphatic carbocycles. The molecule has 2 N–H and O–H groups in total. The molecule has 1 fully saturated rings. The largest absolute Gasteiger partial charge is 0.317 e. The zero-order valence-electron chi connectivity index (χ0n) is 14.3. The van der Waals surface area contributed by atoms with E-state index in [1.54, 1.807) is 17.8 Å². The zero-order valence-corrected chi connectivity index (χ0v) is 15.9. The second kappa shape index (κ2) is 8.65. The van der Waals surface area contributed by atoms with E-state index in [1.165, 1.54) is 0 Å². The number of aromatic nitrogens is 3. The molecule has 25 heavy (non-hydrogen) atoms. The third-order valence-corrected chi connectivity index (χ3v) is 4.70. The first-order valence-electron chi connectivity index (χ1n) is 8.22. The maximum absolute atomic E-state index is 12.5. The van der Waals surface area contributed by atoms with E-state index in [1.807, 2.05) is 25.1 Å². The smallest absolute Gasteiger partial charge is 0.233 e. The van der Waals surface area contributed by atoms with Crippen LogP contribution in [0.3, 0.4) is 0 Å². The number of aryl methyl sites for hydroxylation is 1. The molecule has 6 nitrogen and oxygen atoms in total. The first kappa shape index (κ1) is 19.7. The summed E-state index contributed by atoms with van der Waals surface area (Å²) in [6.07, 6.45) is 2.05. The third kappa shape index (κ3) is 4.71. The lowest BCUT2D eigenvalue weighted by atomic mass is 9.98. The van der Waals surface area contributed by atoms with Gasteiger partial charge in [0.15, 0.2) is 5.82 Å². The van der Waals surface area contributed by atoms with Gasteiger partial charge in [0, 0.05) is 18.0 Å². The van der Waals surface area contributed by atoms with Crippen molar-refractivity contribution in [1.82, 2.24) is 20.1 Å². The number of piperidine rings is 1. The first-order chi connectivity index (χ1) is 11.5. The molecule has 1 unspecified atom stereocenters. The number of hydrogen-bond acceptors (Lipinski definition) is 4. The van der Waals surface area contributed by atoms with E-state index >= 15 is 0 Å². The summed E-state index contributed by atoms with van der Waals surface area (Å²) in [6, 6.07) is 7.35. The van der Waals surface area contributed by atoms with Gasteiger partial charge in [0.1, 0.15) is 0 Å². The molecule has 8 heteroatoms. The predicted octanol–water partition coefficient (Wildman–Crippen LogP) is 3.10. The monoisotopic (exact) mass is 383 g/mol. The van der Waals surface area contributed by atoms with Crippen LogP contribution in [0, 0.1) is 0 Å². The number of nitrogens with zero attached hydrogens (tertiary/aromatic N) is 3. The molecular weight excluding hydrogens is 361 g/mol. The van der Waals surface area contributed by atoms with Crippen molar-refractivity contribution < 1.29 is 4.79 Å². The van der Waals surface area contributed by atoms with Crippen molar-refractivity contribution in [1.29, 1.82) is 0 Å². The lowest BCUT2D eigenvalue weighted by molar-refractivity contribution is -0.117. The average molecular weight is 384 g/mol. The highest BCUT2D eigenvalue weighted by Crippen LogP contribution is 2.24. The minimum absolute atomic E-state index is 0. The van der Waals surface area contributed by atoms with Crippen LogP contribution in [0.5, 0.6) is 0 Å². The number of benzene rings is 1. The summed E-state index contributed by atoms with van der Waals surface area (Å²) in [4.78, 5) is 17.0. The van der Waals surface area contributed by atoms with E-state index in [0.29, 0.717) is 16.9 Å². The molecule has 0 spiro atoms. The van der Waals surface area contributed by atoms with Crippen molar-refractivity contribution in [3.05, 3.63) is 40.7 Å². The molecule has 0 bridgehead atoms. The van der Waals surface area contributed by atoms with Crippen LogP contribution in [-0.2, 0) is 11.8 Å². The summed E-state index contributed by atoms with van der Waals surface area (Å²) in [5, 5.41) is 11.3. The van der Waals surface area contributed by atoms with Crippen molar-refractivity contribution in [2.45, 2.75) is 31.6 Å². The Hall–Kier alpha value is -1.63. The van der Waals surface area contributed by atoms with Crippen molar-refractivity contribution in [3.63, 3.8) is 0 Å². The Bertz CT molecular complexity index is 728. The highest BCUT2D eigenvalue weighted by molar-refractivity contribution is 6.30. The van der Waals surface area contributed by atoms with Crippen LogP contribution in [0.1, 0.15) is 43.0 Å². The molecule has 0 saturated carbocycles. The highest BCUT2D eigenvalue weighted by atomic mass is 35.5. The maximum Gasteiger partial charge on any atom is 0.233 e. The van der Waals surface area contributed by atoms with Gasteiger partial charge < -0.3 is 5.32 Å². The number of rotatable bonds is 4. The number of hydrogen-bond donors (Lipinski definition) is 2. The van der Waals surface area contributed by atoms with E-state index in [0.717, 1.165) is 37.3 Å². The van der Waals surface area contributed by atoms with Gasteiger partial charge in [-0.3, -0.25) is 10.1 Å². The van der Waals surface area contributed by atoms with Crippen LogP contribution >= 0.6 is 24.0 Å². The van der Waals surface area contributed by atoms with E-state index in [-0.39, 0.29) is 24.2 Å². The summed E-state index contributed by atoms with van der Waals surface area (Å²) in [5.41, 5.74) is 0.876. The topological polar surface area (TPSA) is 71.8 Å². The summed E-state index contributed by atoms with van der Waals surface area (Å²) in [5.74, 6) is 1.22.